The number of phenols is 1. The van der Waals surface area contributed by atoms with Crippen LogP contribution in [-0.2, 0) is 5.33 Å². The summed E-state index contributed by atoms with van der Waals surface area (Å²) in [4.78, 5) is 2.01. The largest absolute Gasteiger partial charge is 0.506 e. The minimum Gasteiger partial charge on any atom is -0.506 e. The van der Waals surface area contributed by atoms with Gasteiger partial charge in [0.15, 0.2) is 0 Å². The maximum atomic E-state index is 9.61. The van der Waals surface area contributed by atoms with Gasteiger partial charge in [0.1, 0.15) is 5.75 Å². The molecule has 0 unspecified atom stereocenters. The van der Waals surface area contributed by atoms with E-state index in [2.05, 4.69) is 34.6 Å². The van der Waals surface area contributed by atoms with Gasteiger partial charge in [0.05, 0.1) is 4.70 Å². The highest BCUT2D eigenvalue weighted by molar-refractivity contribution is 9.08. The fraction of sp³-hybridized carbons (Fsp3) is 0.111. The van der Waals surface area contributed by atoms with E-state index in [0.29, 0.717) is 5.75 Å². The Morgan fingerprint density at radius 3 is 2.85 bits per heavy atom. The molecule has 0 radical (unpaired) electrons. The summed E-state index contributed by atoms with van der Waals surface area (Å²) < 4.78 is 0.937. The van der Waals surface area contributed by atoms with E-state index in [0.717, 1.165) is 20.3 Å². The molecule has 0 saturated carbocycles. The molecule has 1 heterocycles. The molecule has 2 aromatic rings. The third kappa shape index (κ3) is 1.71. The van der Waals surface area contributed by atoms with Crippen molar-refractivity contribution in [1.29, 1.82) is 0 Å². The number of phenolic OH excluding ortho intramolecular Hbond substituents is 1. The first kappa shape index (κ1) is 9.37. The molecule has 13 heavy (non-hydrogen) atoms. The molecule has 1 N–H and O–H groups in total. The summed E-state index contributed by atoms with van der Waals surface area (Å²) in [6.07, 6.45) is 0. The maximum absolute atomic E-state index is 9.61. The number of alkyl halides is 1. The molecule has 0 spiro atoms. The number of hydrogen-bond donors (Lipinski definition) is 2. The first-order valence-corrected chi connectivity index (χ1v) is 6.09. The van der Waals surface area contributed by atoms with Crippen molar-refractivity contribution in [2.45, 2.75) is 10.2 Å². The van der Waals surface area contributed by atoms with Crippen LogP contribution in [0.2, 0.25) is 0 Å². The SMILES string of the molecule is Oc1cc(S)cc2cc(CBr)sc12. The average Bonchev–Trinajstić information content (AvgIpc) is 2.47. The van der Waals surface area contributed by atoms with Crippen LogP contribution in [0.1, 0.15) is 4.88 Å². The first-order chi connectivity index (χ1) is 6.20. The van der Waals surface area contributed by atoms with Crippen LogP contribution >= 0.6 is 39.9 Å². The van der Waals surface area contributed by atoms with Crippen molar-refractivity contribution < 1.29 is 5.11 Å². The molecule has 0 amide bonds. The fourth-order valence-electron chi connectivity index (χ4n) is 1.24. The third-order valence-electron chi connectivity index (χ3n) is 1.76. The van der Waals surface area contributed by atoms with E-state index < -0.39 is 0 Å². The minimum absolute atomic E-state index is 0.319. The van der Waals surface area contributed by atoms with Gasteiger partial charge < -0.3 is 5.11 Å². The molecule has 1 aromatic carbocycles. The average molecular weight is 275 g/mol. The van der Waals surface area contributed by atoms with Gasteiger partial charge in [-0.25, -0.2) is 0 Å². The molecular formula is C9H7BrOS2. The molecule has 4 heteroatoms. The molecule has 0 saturated heterocycles. The lowest BCUT2D eigenvalue weighted by atomic mass is 10.2. The Balaban J connectivity index is 2.75. The second-order valence-corrected chi connectivity index (χ2v) is 4.94. The Morgan fingerprint density at radius 2 is 2.15 bits per heavy atom. The lowest BCUT2D eigenvalue weighted by molar-refractivity contribution is 0.481. The summed E-state index contributed by atoms with van der Waals surface area (Å²) in [6, 6.07) is 5.69. The number of aromatic hydroxyl groups is 1. The minimum atomic E-state index is 0.319. The van der Waals surface area contributed by atoms with Gasteiger partial charge in [0, 0.05) is 15.1 Å². The summed E-state index contributed by atoms with van der Waals surface area (Å²) in [7, 11) is 0. The van der Waals surface area contributed by atoms with Crippen LogP contribution in [0.15, 0.2) is 23.1 Å². The molecule has 0 atom stereocenters. The quantitative estimate of drug-likeness (QED) is 0.599. The highest BCUT2D eigenvalue weighted by Gasteiger charge is 2.05. The highest BCUT2D eigenvalue weighted by atomic mass is 79.9. The van der Waals surface area contributed by atoms with E-state index in [-0.39, 0.29) is 0 Å². The van der Waals surface area contributed by atoms with Gasteiger partial charge in [-0.15, -0.1) is 24.0 Å². The molecule has 1 nitrogen and oxygen atoms in total. The van der Waals surface area contributed by atoms with Crippen molar-refractivity contribution in [3.8, 4) is 5.75 Å². The van der Waals surface area contributed by atoms with Gasteiger partial charge in [-0.3, -0.25) is 0 Å². The van der Waals surface area contributed by atoms with Crippen molar-refractivity contribution in [2.75, 3.05) is 0 Å². The standard InChI is InChI=1S/C9H7BrOS2/c10-4-7-2-5-1-6(12)3-8(11)9(5)13-7/h1-3,11-12H,4H2. The van der Waals surface area contributed by atoms with Gasteiger partial charge in [0.25, 0.3) is 0 Å². The molecule has 0 aliphatic heterocycles. The predicted molar refractivity (Wildman–Crippen MR) is 63.4 cm³/mol. The lowest BCUT2D eigenvalue weighted by Gasteiger charge is -1.95. The monoisotopic (exact) mass is 274 g/mol. The third-order valence-corrected chi connectivity index (χ3v) is 4.17. The highest BCUT2D eigenvalue weighted by Crippen LogP contribution is 2.35. The van der Waals surface area contributed by atoms with E-state index in [4.69, 9.17) is 0 Å². The zero-order valence-electron chi connectivity index (χ0n) is 6.62. The number of halogens is 1. The molecular weight excluding hydrogens is 268 g/mol. The van der Waals surface area contributed by atoms with Gasteiger partial charge in [0.2, 0.25) is 0 Å². The van der Waals surface area contributed by atoms with Crippen LogP contribution in [0.5, 0.6) is 5.75 Å². The lowest BCUT2D eigenvalue weighted by Crippen LogP contribution is -1.67. The molecule has 1 aromatic heterocycles. The zero-order chi connectivity index (χ0) is 9.42. The van der Waals surface area contributed by atoms with E-state index in [9.17, 15) is 5.11 Å². The molecule has 68 valence electrons. The summed E-state index contributed by atoms with van der Waals surface area (Å²) in [6.45, 7) is 0. The van der Waals surface area contributed by atoms with Crippen molar-refractivity contribution in [2.24, 2.45) is 0 Å². The van der Waals surface area contributed by atoms with E-state index in [1.165, 1.54) is 4.88 Å². The van der Waals surface area contributed by atoms with E-state index in [1.54, 1.807) is 17.4 Å². The molecule has 0 aliphatic carbocycles. The normalized spacial score (nSPS) is 10.9. The Morgan fingerprint density at radius 1 is 1.38 bits per heavy atom. The number of benzene rings is 1. The Bertz CT molecular complexity index is 450. The van der Waals surface area contributed by atoms with E-state index in [1.807, 2.05) is 6.07 Å². The second-order valence-electron chi connectivity index (χ2n) is 2.73. The maximum Gasteiger partial charge on any atom is 0.134 e. The van der Waals surface area contributed by atoms with Crippen LogP contribution in [0, 0.1) is 0 Å². The molecule has 0 aliphatic rings. The number of thiol groups is 1. The Labute approximate surface area is 93.9 Å². The number of fused-ring (bicyclic) bond motifs is 1. The smallest absolute Gasteiger partial charge is 0.134 e. The summed E-state index contributed by atoms with van der Waals surface area (Å²) in [5.74, 6) is 0.319. The summed E-state index contributed by atoms with van der Waals surface area (Å²) in [5.41, 5.74) is 0. The predicted octanol–water partition coefficient (Wildman–Crippen LogP) is 3.79. The van der Waals surface area contributed by atoms with Crippen molar-refractivity contribution in [3.05, 3.63) is 23.1 Å². The van der Waals surface area contributed by atoms with Crippen LogP contribution in [-0.4, -0.2) is 5.11 Å². The van der Waals surface area contributed by atoms with Gasteiger partial charge in [-0.05, 0) is 23.6 Å². The van der Waals surface area contributed by atoms with Gasteiger partial charge >= 0.3 is 0 Å². The van der Waals surface area contributed by atoms with E-state index >= 15 is 0 Å². The van der Waals surface area contributed by atoms with Crippen LogP contribution in [0.25, 0.3) is 10.1 Å². The van der Waals surface area contributed by atoms with Crippen molar-refractivity contribution in [1.82, 2.24) is 0 Å². The Kier molecular flexibility index (Phi) is 2.53. The molecule has 0 bridgehead atoms. The zero-order valence-corrected chi connectivity index (χ0v) is 9.92. The van der Waals surface area contributed by atoms with Crippen molar-refractivity contribution in [3.63, 3.8) is 0 Å². The van der Waals surface area contributed by atoms with Gasteiger partial charge in [-0.2, -0.15) is 0 Å². The van der Waals surface area contributed by atoms with Gasteiger partial charge in [-0.1, -0.05) is 15.9 Å². The summed E-state index contributed by atoms with van der Waals surface area (Å²) in [5, 5.41) is 11.5. The number of hydrogen-bond acceptors (Lipinski definition) is 3. The number of rotatable bonds is 1. The van der Waals surface area contributed by atoms with Crippen LogP contribution in [0.4, 0.5) is 0 Å². The summed E-state index contributed by atoms with van der Waals surface area (Å²) >= 11 is 9.19. The van der Waals surface area contributed by atoms with Crippen molar-refractivity contribution >= 4 is 50.0 Å². The van der Waals surface area contributed by atoms with Crippen LogP contribution < -0.4 is 0 Å². The number of thiophene rings is 1. The van der Waals surface area contributed by atoms with Crippen LogP contribution in [0.3, 0.4) is 0 Å². The topological polar surface area (TPSA) is 20.2 Å². The molecule has 2 rings (SSSR count). The Hall–Kier alpha value is -0.190. The second kappa shape index (κ2) is 3.52. The first-order valence-electron chi connectivity index (χ1n) is 3.71. The fourth-order valence-corrected chi connectivity index (χ4v) is 2.91. The molecule has 0 fully saturated rings.